The molecule has 0 amide bonds. The normalized spacial score (nSPS) is 9.73. The van der Waals surface area contributed by atoms with Gasteiger partial charge in [-0.05, 0) is 6.07 Å². The molecule has 80 valence electrons. The molecule has 0 aliphatic carbocycles. The van der Waals surface area contributed by atoms with Gasteiger partial charge in [0.25, 0.3) is 5.69 Å². The summed E-state index contributed by atoms with van der Waals surface area (Å²) in [6, 6.07) is 4.17. The van der Waals surface area contributed by atoms with Gasteiger partial charge in [0.2, 0.25) is 0 Å². The highest BCUT2D eigenvalue weighted by molar-refractivity contribution is 5.92. The molecule has 0 aliphatic rings. The second kappa shape index (κ2) is 4.52. The fraction of sp³-hybridized carbons (Fsp3) is 0.222. The number of carbonyl (C=O) groups is 1. The van der Waals surface area contributed by atoms with Crippen molar-refractivity contribution in [3.05, 3.63) is 39.4 Å². The van der Waals surface area contributed by atoms with Crippen LogP contribution < -0.4 is 5.73 Å². The Balaban J connectivity index is 3.34. The molecule has 0 heterocycles. The summed E-state index contributed by atoms with van der Waals surface area (Å²) in [5.41, 5.74) is 5.53. The number of benzene rings is 1. The molecule has 0 bridgehead atoms. The first kappa shape index (κ1) is 11.1. The molecule has 0 saturated carbocycles. The van der Waals surface area contributed by atoms with Gasteiger partial charge in [-0.2, -0.15) is 0 Å². The largest absolute Gasteiger partial charge is 0.465 e. The molecule has 0 spiro atoms. The lowest BCUT2D eigenvalue weighted by Crippen LogP contribution is -2.11. The minimum absolute atomic E-state index is 0.0818. The van der Waals surface area contributed by atoms with Gasteiger partial charge in [0.05, 0.1) is 23.2 Å². The molecular weight excluding hydrogens is 200 g/mol. The van der Waals surface area contributed by atoms with E-state index in [1.54, 1.807) is 0 Å². The zero-order valence-corrected chi connectivity index (χ0v) is 8.10. The maximum absolute atomic E-state index is 11.3. The third-order valence-electron chi connectivity index (χ3n) is 1.96. The van der Waals surface area contributed by atoms with Crippen LogP contribution in [0.25, 0.3) is 0 Å². The molecule has 0 unspecified atom stereocenters. The third kappa shape index (κ3) is 2.10. The fourth-order valence-electron chi connectivity index (χ4n) is 1.26. The van der Waals surface area contributed by atoms with Crippen LogP contribution in [0.2, 0.25) is 0 Å². The standard InChI is InChI=1S/C9H10N2O4/c1-15-9(12)6-3-2-4-8(11(13)14)7(6)5-10/h2-4H,5,10H2,1H3. The minimum Gasteiger partial charge on any atom is -0.465 e. The lowest BCUT2D eigenvalue weighted by Gasteiger charge is -2.05. The van der Waals surface area contributed by atoms with Gasteiger partial charge in [-0.1, -0.05) is 6.07 Å². The minimum atomic E-state index is -0.626. The van der Waals surface area contributed by atoms with Gasteiger partial charge < -0.3 is 10.5 Å². The smallest absolute Gasteiger partial charge is 0.338 e. The Morgan fingerprint density at radius 2 is 2.27 bits per heavy atom. The summed E-state index contributed by atoms with van der Waals surface area (Å²) < 4.78 is 4.50. The van der Waals surface area contributed by atoms with Gasteiger partial charge in [-0.15, -0.1) is 0 Å². The van der Waals surface area contributed by atoms with Gasteiger partial charge in [-0.3, -0.25) is 10.1 Å². The van der Waals surface area contributed by atoms with Crippen molar-refractivity contribution in [3.63, 3.8) is 0 Å². The van der Waals surface area contributed by atoms with E-state index < -0.39 is 10.9 Å². The predicted molar refractivity (Wildman–Crippen MR) is 52.3 cm³/mol. The summed E-state index contributed by atoms with van der Waals surface area (Å²) in [4.78, 5) is 21.3. The van der Waals surface area contributed by atoms with Crippen molar-refractivity contribution in [2.45, 2.75) is 6.54 Å². The van der Waals surface area contributed by atoms with Gasteiger partial charge in [-0.25, -0.2) is 4.79 Å². The molecular formula is C9H10N2O4. The Hall–Kier alpha value is -1.95. The molecule has 6 heteroatoms. The highest BCUT2D eigenvalue weighted by atomic mass is 16.6. The van der Waals surface area contributed by atoms with E-state index in [1.165, 1.54) is 25.3 Å². The summed E-state index contributed by atoms with van der Waals surface area (Å²) in [5, 5.41) is 10.6. The molecule has 6 nitrogen and oxygen atoms in total. The van der Waals surface area contributed by atoms with Crippen molar-refractivity contribution in [2.24, 2.45) is 5.73 Å². The molecule has 0 fully saturated rings. The molecule has 0 radical (unpaired) electrons. The first-order valence-electron chi connectivity index (χ1n) is 4.16. The molecule has 1 rings (SSSR count). The predicted octanol–water partition coefficient (Wildman–Crippen LogP) is 0.840. The summed E-state index contributed by atoms with van der Waals surface area (Å²) in [6.07, 6.45) is 0. The van der Waals surface area contributed by atoms with E-state index in [0.29, 0.717) is 0 Å². The molecule has 1 aromatic carbocycles. The second-order valence-electron chi connectivity index (χ2n) is 2.76. The van der Waals surface area contributed by atoms with E-state index >= 15 is 0 Å². The molecule has 2 N–H and O–H groups in total. The van der Waals surface area contributed by atoms with Gasteiger partial charge in [0, 0.05) is 12.6 Å². The van der Waals surface area contributed by atoms with Crippen molar-refractivity contribution in [1.29, 1.82) is 0 Å². The van der Waals surface area contributed by atoms with E-state index in [1.807, 2.05) is 0 Å². The van der Waals surface area contributed by atoms with Crippen LogP contribution >= 0.6 is 0 Å². The van der Waals surface area contributed by atoms with Gasteiger partial charge in [0.1, 0.15) is 0 Å². The van der Waals surface area contributed by atoms with Crippen LogP contribution in [-0.2, 0) is 11.3 Å². The van der Waals surface area contributed by atoms with Crippen LogP contribution in [-0.4, -0.2) is 18.0 Å². The summed E-state index contributed by atoms with van der Waals surface area (Å²) in [6.45, 7) is -0.0818. The average Bonchev–Trinajstić information content (AvgIpc) is 2.26. The van der Waals surface area contributed by atoms with E-state index in [2.05, 4.69) is 4.74 Å². The number of nitrogens with zero attached hydrogens (tertiary/aromatic N) is 1. The lowest BCUT2D eigenvalue weighted by molar-refractivity contribution is -0.385. The van der Waals surface area contributed by atoms with Crippen LogP contribution in [0.1, 0.15) is 15.9 Å². The van der Waals surface area contributed by atoms with E-state index in [9.17, 15) is 14.9 Å². The fourth-order valence-corrected chi connectivity index (χ4v) is 1.26. The SMILES string of the molecule is COC(=O)c1cccc([N+](=O)[O-])c1CN. The van der Waals surface area contributed by atoms with Crippen LogP contribution in [0.4, 0.5) is 5.69 Å². The molecule has 0 atom stereocenters. The summed E-state index contributed by atoms with van der Waals surface area (Å²) >= 11 is 0. The number of nitro groups is 1. The lowest BCUT2D eigenvalue weighted by atomic mass is 10.1. The topological polar surface area (TPSA) is 95.5 Å². The van der Waals surface area contributed by atoms with Crippen molar-refractivity contribution >= 4 is 11.7 Å². The number of esters is 1. The first-order chi connectivity index (χ1) is 7.11. The highest BCUT2D eigenvalue weighted by Crippen LogP contribution is 2.22. The number of nitrogens with two attached hydrogens (primary N) is 1. The number of nitro benzene ring substituents is 1. The van der Waals surface area contributed by atoms with E-state index in [-0.39, 0.29) is 23.4 Å². The summed E-state index contributed by atoms with van der Waals surface area (Å²) in [7, 11) is 1.21. The number of hydrogen-bond acceptors (Lipinski definition) is 5. The molecule has 0 saturated heterocycles. The third-order valence-corrected chi connectivity index (χ3v) is 1.96. The zero-order valence-electron chi connectivity index (χ0n) is 8.10. The maximum Gasteiger partial charge on any atom is 0.338 e. The quantitative estimate of drug-likeness (QED) is 0.453. The Bertz CT molecular complexity index is 403. The van der Waals surface area contributed by atoms with Crippen LogP contribution in [0, 0.1) is 10.1 Å². The molecule has 0 aromatic heterocycles. The Labute approximate surface area is 85.8 Å². The van der Waals surface area contributed by atoms with Crippen LogP contribution in [0.5, 0.6) is 0 Å². The van der Waals surface area contributed by atoms with Crippen LogP contribution in [0.15, 0.2) is 18.2 Å². The number of rotatable bonds is 3. The van der Waals surface area contributed by atoms with Crippen molar-refractivity contribution in [1.82, 2.24) is 0 Å². The van der Waals surface area contributed by atoms with E-state index in [4.69, 9.17) is 5.73 Å². The molecule has 15 heavy (non-hydrogen) atoms. The molecule has 0 aliphatic heterocycles. The Kier molecular flexibility index (Phi) is 3.35. The summed E-state index contributed by atoms with van der Waals surface area (Å²) in [5.74, 6) is -0.626. The van der Waals surface area contributed by atoms with Crippen molar-refractivity contribution in [3.8, 4) is 0 Å². The second-order valence-corrected chi connectivity index (χ2v) is 2.76. The van der Waals surface area contributed by atoms with Gasteiger partial charge >= 0.3 is 5.97 Å². The number of hydrogen-bond donors (Lipinski definition) is 1. The Morgan fingerprint density at radius 1 is 1.60 bits per heavy atom. The zero-order chi connectivity index (χ0) is 11.4. The number of methoxy groups -OCH3 is 1. The number of carbonyl (C=O) groups excluding carboxylic acids is 1. The van der Waals surface area contributed by atoms with E-state index in [0.717, 1.165) is 0 Å². The average molecular weight is 210 g/mol. The van der Waals surface area contributed by atoms with Crippen molar-refractivity contribution < 1.29 is 14.5 Å². The Morgan fingerprint density at radius 3 is 2.73 bits per heavy atom. The highest BCUT2D eigenvalue weighted by Gasteiger charge is 2.20. The van der Waals surface area contributed by atoms with Crippen LogP contribution in [0.3, 0.4) is 0 Å². The number of ether oxygens (including phenoxy) is 1. The van der Waals surface area contributed by atoms with Gasteiger partial charge in [0.15, 0.2) is 0 Å². The van der Waals surface area contributed by atoms with Crippen molar-refractivity contribution in [2.75, 3.05) is 7.11 Å². The first-order valence-corrected chi connectivity index (χ1v) is 4.16. The monoisotopic (exact) mass is 210 g/mol. The maximum atomic E-state index is 11.3. The molecule has 1 aromatic rings.